The number of thiophene rings is 1. The number of fused-ring (bicyclic) bond motifs is 1. The third kappa shape index (κ3) is 5.89. The molecule has 1 N–H and O–H groups in total. The van der Waals surface area contributed by atoms with Crippen molar-refractivity contribution >= 4 is 23.2 Å². The number of rotatable bonds is 7. The fraction of sp³-hybridized carbons (Fsp3) is 0.370. The van der Waals surface area contributed by atoms with Gasteiger partial charge >= 0.3 is 0 Å². The van der Waals surface area contributed by atoms with E-state index < -0.39 is 0 Å². The van der Waals surface area contributed by atoms with Gasteiger partial charge in [-0.25, -0.2) is 0 Å². The number of pyridine rings is 1. The van der Waals surface area contributed by atoms with Gasteiger partial charge in [-0.1, -0.05) is 17.7 Å². The van der Waals surface area contributed by atoms with E-state index in [1.54, 1.807) is 23.7 Å². The van der Waals surface area contributed by atoms with Crippen molar-refractivity contribution < 1.29 is 14.3 Å². The molecule has 2 aliphatic heterocycles. The predicted molar refractivity (Wildman–Crippen MR) is 135 cm³/mol. The minimum Gasteiger partial charge on any atom is -0.484 e. The number of hydrogen-bond acceptors (Lipinski definition) is 6. The lowest BCUT2D eigenvalue weighted by Crippen LogP contribution is -2.46. The summed E-state index contributed by atoms with van der Waals surface area (Å²) in [7, 11) is 0. The SMILES string of the molecule is Cc1ccc2c(c1)CN(CC(=O)N(Cc1ccncc1)C[C@@H]1CCC(=O)N1)C[C@H](c1ccsc1)O2. The number of ether oxygens (including phenoxy) is 1. The van der Waals surface area contributed by atoms with Crippen LogP contribution in [-0.2, 0) is 22.7 Å². The molecule has 4 heterocycles. The minimum absolute atomic E-state index is 0.0114. The van der Waals surface area contributed by atoms with Gasteiger partial charge in [-0.3, -0.25) is 19.5 Å². The minimum atomic E-state index is -0.138. The number of carbonyl (C=O) groups is 2. The average molecular weight is 491 g/mol. The topological polar surface area (TPSA) is 74.8 Å². The Bertz CT molecular complexity index is 1170. The second kappa shape index (κ2) is 10.6. The number of amides is 2. The smallest absolute Gasteiger partial charge is 0.237 e. The third-order valence-corrected chi connectivity index (χ3v) is 7.28. The van der Waals surface area contributed by atoms with Gasteiger partial charge in [0.2, 0.25) is 11.8 Å². The molecule has 0 radical (unpaired) electrons. The van der Waals surface area contributed by atoms with Crippen molar-refractivity contribution in [2.24, 2.45) is 0 Å². The van der Waals surface area contributed by atoms with Crippen LogP contribution in [0.3, 0.4) is 0 Å². The highest BCUT2D eigenvalue weighted by Gasteiger charge is 2.29. The van der Waals surface area contributed by atoms with Crippen LogP contribution in [0.2, 0.25) is 0 Å². The summed E-state index contributed by atoms with van der Waals surface area (Å²) >= 11 is 1.65. The van der Waals surface area contributed by atoms with Crippen LogP contribution in [0.5, 0.6) is 5.75 Å². The van der Waals surface area contributed by atoms with Crippen LogP contribution in [-0.4, -0.2) is 52.3 Å². The van der Waals surface area contributed by atoms with Crippen LogP contribution in [0.15, 0.2) is 59.6 Å². The Kier molecular flexibility index (Phi) is 7.11. The van der Waals surface area contributed by atoms with Crippen LogP contribution >= 0.6 is 11.3 Å². The van der Waals surface area contributed by atoms with E-state index in [4.69, 9.17) is 4.74 Å². The van der Waals surface area contributed by atoms with Gasteiger partial charge in [0.1, 0.15) is 11.9 Å². The van der Waals surface area contributed by atoms with E-state index in [0.717, 1.165) is 28.9 Å². The van der Waals surface area contributed by atoms with Crippen LogP contribution in [0.4, 0.5) is 0 Å². The van der Waals surface area contributed by atoms with Gasteiger partial charge in [0.15, 0.2) is 0 Å². The van der Waals surface area contributed by atoms with Gasteiger partial charge in [0.05, 0.1) is 6.54 Å². The first-order chi connectivity index (χ1) is 17.0. The van der Waals surface area contributed by atoms with Crippen molar-refractivity contribution in [3.05, 3.63) is 81.8 Å². The van der Waals surface area contributed by atoms with Crippen LogP contribution in [0, 0.1) is 6.92 Å². The van der Waals surface area contributed by atoms with E-state index >= 15 is 0 Å². The van der Waals surface area contributed by atoms with Gasteiger partial charge in [-0.05, 0) is 53.9 Å². The molecular formula is C27H30N4O3S. The summed E-state index contributed by atoms with van der Waals surface area (Å²) in [4.78, 5) is 33.6. The van der Waals surface area contributed by atoms with Crippen molar-refractivity contribution in [1.29, 1.82) is 0 Å². The number of benzene rings is 1. The van der Waals surface area contributed by atoms with E-state index in [1.165, 1.54) is 5.56 Å². The van der Waals surface area contributed by atoms with Gasteiger partial charge in [-0.2, -0.15) is 11.3 Å². The van der Waals surface area contributed by atoms with E-state index in [2.05, 4.69) is 51.1 Å². The first-order valence-electron chi connectivity index (χ1n) is 12.0. The molecule has 35 heavy (non-hydrogen) atoms. The summed E-state index contributed by atoms with van der Waals surface area (Å²) in [6, 6.07) is 12.2. The van der Waals surface area contributed by atoms with Gasteiger partial charge in [-0.15, -0.1) is 0 Å². The Morgan fingerprint density at radius 1 is 1.26 bits per heavy atom. The van der Waals surface area contributed by atoms with E-state index in [9.17, 15) is 9.59 Å². The Hall–Kier alpha value is -3.23. The monoisotopic (exact) mass is 490 g/mol. The predicted octanol–water partition coefficient (Wildman–Crippen LogP) is 3.69. The number of nitrogens with one attached hydrogen (secondary N) is 1. The molecule has 2 amide bonds. The maximum absolute atomic E-state index is 13.7. The number of hydrogen-bond donors (Lipinski definition) is 1. The maximum Gasteiger partial charge on any atom is 0.237 e. The zero-order valence-corrected chi connectivity index (χ0v) is 20.7. The van der Waals surface area contributed by atoms with E-state index in [-0.39, 0.29) is 30.5 Å². The zero-order chi connectivity index (χ0) is 24.2. The Labute approximate surface area is 209 Å². The molecule has 0 spiro atoms. The molecule has 2 atom stereocenters. The average Bonchev–Trinajstić information content (AvgIpc) is 3.49. The summed E-state index contributed by atoms with van der Waals surface area (Å²) in [6.07, 6.45) is 4.62. The lowest BCUT2D eigenvalue weighted by atomic mass is 10.1. The molecule has 0 aliphatic carbocycles. The quantitative estimate of drug-likeness (QED) is 0.547. The normalized spacial score (nSPS) is 20.0. The van der Waals surface area contributed by atoms with E-state index in [0.29, 0.717) is 32.6 Å². The molecule has 1 saturated heterocycles. The Balaban J connectivity index is 1.36. The first-order valence-corrected chi connectivity index (χ1v) is 12.9. The van der Waals surface area contributed by atoms with Crippen molar-refractivity contribution in [3.63, 3.8) is 0 Å². The molecule has 0 unspecified atom stereocenters. The Morgan fingerprint density at radius 2 is 2.11 bits per heavy atom. The molecule has 3 aromatic rings. The van der Waals surface area contributed by atoms with Crippen molar-refractivity contribution in [3.8, 4) is 5.75 Å². The summed E-state index contributed by atoms with van der Waals surface area (Å²) in [5, 5.41) is 7.18. The highest BCUT2D eigenvalue weighted by Crippen LogP contribution is 2.32. The Morgan fingerprint density at radius 3 is 2.86 bits per heavy atom. The molecule has 1 aromatic carbocycles. The van der Waals surface area contributed by atoms with Crippen molar-refractivity contribution in [2.75, 3.05) is 19.6 Å². The highest BCUT2D eigenvalue weighted by molar-refractivity contribution is 7.07. The van der Waals surface area contributed by atoms with E-state index in [1.807, 2.05) is 23.1 Å². The molecule has 0 bridgehead atoms. The molecule has 8 heteroatoms. The number of aryl methyl sites for hydroxylation is 1. The largest absolute Gasteiger partial charge is 0.484 e. The summed E-state index contributed by atoms with van der Waals surface area (Å²) in [5.74, 6) is 0.980. The molecule has 2 aromatic heterocycles. The molecule has 7 nitrogen and oxygen atoms in total. The fourth-order valence-corrected chi connectivity index (χ4v) is 5.47. The number of nitrogens with zero attached hydrogens (tertiary/aromatic N) is 3. The molecule has 5 rings (SSSR count). The highest BCUT2D eigenvalue weighted by atomic mass is 32.1. The number of carbonyl (C=O) groups excluding carboxylic acids is 2. The summed E-state index contributed by atoms with van der Waals surface area (Å²) < 4.78 is 6.43. The maximum atomic E-state index is 13.7. The molecule has 182 valence electrons. The lowest BCUT2D eigenvalue weighted by molar-refractivity contribution is -0.134. The summed E-state index contributed by atoms with van der Waals surface area (Å²) in [6.45, 7) is 4.61. The van der Waals surface area contributed by atoms with Gasteiger partial charge in [0.25, 0.3) is 0 Å². The van der Waals surface area contributed by atoms with Crippen LogP contribution in [0.25, 0.3) is 0 Å². The molecule has 1 fully saturated rings. The molecular weight excluding hydrogens is 460 g/mol. The third-order valence-electron chi connectivity index (χ3n) is 6.58. The van der Waals surface area contributed by atoms with Gasteiger partial charge < -0.3 is 15.0 Å². The first kappa shape index (κ1) is 23.5. The fourth-order valence-electron chi connectivity index (χ4n) is 4.76. The van der Waals surface area contributed by atoms with Crippen LogP contribution in [0.1, 0.15) is 41.2 Å². The standard InChI is InChI=1S/C27H30N4O3S/c1-19-2-4-24-22(12-19)14-30(16-25(34-24)21-8-11-35-18-21)17-27(33)31(13-20-6-9-28-10-7-20)15-23-3-5-26(32)29-23/h2,4,6-12,18,23,25H,3,5,13-17H2,1H3,(H,29,32)/t23-,25+/m0/s1. The van der Waals surface area contributed by atoms with Crippen molar-refractivity contribution in [1.82, 2.24) is 20.1 Å². The molecule has 0 saturated carbocycles. The van der Waals surface area contributed by atoms with Crippen molar-refractivity contribution in [2.45, 2.75) is 45.0 Å². The van der Waals surface area contributed by atoms with Gasteiger partial charge in [0, 0.05) is 62.2 Å². The number of aromatic nitrogens is 1. The summed E-state index contributed by atoms with van der Waals surface area (Å²) in [5.41, 5.74) is 4.42. The zero-order valence-electron chi connectivity index (χ0n) is 19.9. The second-order valence-corrected chi connectivity index (χ2v) is 10.2. The lowest BCUT2D eigenvalue weighted by Gasteiger charge is -2.29. The molecule has 2 aliphatic rings. The second-order valence-electron chi connectivity index (χ2n) is 9.38. The van der Waals surface area contributed by atoms with Crippen LogP contribution < -0.4 is 10.1 Å².